The second-order valence-electron chi connectivity index (χ2n) is 9.26. The quantitative estimate of drug-likeness (QED) is 0.354. The Balaban J connectivity index is 2.03. The fraction of sp³-hybridized carbons (Fsp3) is 0.522. The topological polar surface area (TPSA) is 149 Å². The highest BCUT2D eigenvalue weighted by Gasteiger charge is 2.51. The van der Waals surface area contributed by atoms with Crippen LogP contribution in [0.1, 0.15) is 33.6 Å². The number of fused-ring (bicyclic) bond motifs is 1. The number of sulfonamides is 1. The maximum atomic E-state index is 13.9. The van der Waals surface area contributed by atoms with E-state index < -0.39 is 70.3 Å². The Bertz CT molecular complexity index is 1380. The molecular weight excluding hydrogens is 587 g/mol. The van der Waals surface area contributed by atoms with E-state index in [4.69, 9.17) is 14.6 Å². The lowest BCUT2D eigenvalue weighted by Crippen LogP contribution is -2.44. The minimum atomic E-state index is -4.88. The molecule has 3 rings (SSSR count). The van der Waals surface area contributed by atoms with Crippen LogP contribution in [0.15, 0.2) is 29.3 Å². The van der Waals surface area contributed by atoms with E-state index in [0.717, 1.165) is 16.6 Å². The number of halogens is 5. The van der Waals surface area contributed by atoms with Gasteiger partial charge in [0, 0.05) is 18.3 Å². The van der Waals surface area contributed by atoms with Gasteiger partial charge in [-0.15, -0.1) is 5.10 Å². The van der Waals surface area contributed by atoms with E-state index >= 15 is 0 Å². The summed E-state index contributed by atoms with van der Waals surface area (Å²) in [6.07, 6.45) is -9.81. The zero-order valence-corrected chi connectivity index (χ0v) is 22.8. The molecule has 0 spiro atoms. The number of carboxylic acids is 1. The van der Waals surface area contributed by atoms with Crippen LogP contribution in [0.2, 0.25) is 0 Å². The van der Waals surface area contributed by atoms with E-state index in [1.165, 1.54) is 19.1 Å². The summed E-state index contributed by atoms with van der Waals surface area (Å²) in [5.74, 6) is -1.70. The predicted octanol–water partition coefficient (Wildman–Crippen LogP) is 4.26. The van der Waals surface area contributed by atoms with E-state index in [1.54, 1.807) is 0 Å². The van der Waals surface area contributed by atoms with Gasteiger partial charge in [-0.25, -0.2) is 22.0 Å². The first-order valence-corrected chi connectivity index (χ1v) is 13.5. The first-order valence-electron chi connectivity index (χ1n) is 12.0. The lowest BCUT2D eigenvalue weighted by Gasteiger charge is -2.35. The Hall–Kier alpha value is -3.83. The number of hydrogen-bond acceptors (Lipinski definition) is 8. The molecule has 41 heavy (non-hydrogen) atoms. The van der Waals surface area contributed by atoms with Gasteiger partial charge in [-0.3, -0.25) is 19.1 Å². The summed E-state index contributed by atoms with van der Waals surface area (Å²) in [7, 11) is -4.65. The van der Waals surface area contributed by atoms with Crippen LogP contribution in [-0.2, 0) is 26.1 Å². The van der Waals surface area contributed by atoms with Crippen molar-refractivity contribution in [1.29, 1.82) is 0 Å². The lowest BCUT2D eigenvalue weighted by atomic mass is 10.1. The van der Waals surface area contributed by atoms with Crippen LogP contribution in [0.4, 0.5) is 38.1 Å². The molecule has 1 atom stereocenters. The van der Waals surface area contributed by atoms with Crippen LogP contribution in [-0.4, -0.2) is 72.8 Å². The summed E-state index contributed by atoms with van der Waals surface area (Å²) in [5.41, 5.74) is -3.19. The maximum absolute atomic E-state index is 13.9. The number of benzene rings is 1. The van der Waals surface area contributed by atoms with Crippen molar-refractivity contribution in [2.75, 3.05) is 22.8 Å². The first kappa shape index (κ1) is 31.7. The van der Waals surface area contributed by atoms with Gasteiger partial charge in [-0.05, 0) is 45.4 Å². The molecule has 0 saturated heterocycles. The third-order valence-electron chi connectivity index (χ3n) is 5.72. The average Bonchev–Trinajstić information content (AvgIpc) is 3.23. The maximum Gasteiger partial charge on any atom is 0.427 e. The summed E-state index contributed by atoms with van der Waals surface area (Å²) in [4.78, 5) is 22.7. The van der Waals surface area contributed by atoms with E-state index in [2.05, 4.69) is 15.2 Å². The first-order chi connectivity index (χ1) is 18.9. The molecule has 12 nitrogen and oxygen atoms in total. The summed E-state index contributed by atoms with van der Waals surface area (Å²) in [6.45, 7) is 1.38. The molecule has 0 aliphatic carbocycles. The molecule has 0 fully saturated rings. The molecule has 18 heteroatoms. The smallest absolute Gasteiger partial charge is 0.427 e. The van der Waals surface area contributed by atoms with Gasteiger partial charge in [-0.1, -0.05) is 0 Å². The highest BCUT2D eigenvalue weighted by molar-refractivity contribution is 7.93. The summed E-state index contributed by atoms with van der Waals surface area (Å²) in [5, 5.41) is 14.9. The molecule has 1 aliphatic rings. The van der Waals surface area contributed by atoms with Gasteiger partial charge in [0.15, 0.2) is 4.90 Å². The molecule has 1 amide bonds. The number of rotatable bonds is 11. The van der Waals surface area contributed by atoms with Crippen molar-refractivity contribution in [3.63, 3.8) is 0 Å². The molecular formula is C23H27F5N4O8S. The van der Waals surface area contributed by atoms with E-state index in [1.807, 2.05) is 0 Å². The minimum absolute atomic E-state index is 0.0560. The zero-order valence-electron chi connectivity index (χ0n) is 21.9. The Morgan fingerprint density at radius 3 is 2.54 bits per heavy atom. The fourth-order valence-electron chi connectivity index (χ4n) is 3.64. The van der Waals surface area contributed by atoms with Gasteiger partial charge in [0.2, 0.25) is 5.60 Å². The number of carbonyl (C=O) groups excluding carboxylic acids is 1. The standard InChI is InChI=1S/C23H27F5N4O8S/c1-4-38-20-17(11-31(30-20)12-18(24)25)41(36,37)32-10-14(6-8-19(33)34)39-16-7-5-13(9-15(16)32)29-21(35)40-22(2,3)23(26,27)28/h5,7,9,11,14,18H,4,6,8,10,12H2,1-3H3,(H,29,35)(H,33,34)/t14-/m0/s1. The van der Waals surface area contributed by atoms with Crippen molar-refractivity contribution in [3.8, 4) is 11.6 Å². The number of aliphatic carboxylic acids is 1. The second-order valence-corrected chi connectivity index (χ2v) is 11.1. The Kier molecular flexibility index (Phi) is 9.24. The van der Waals surface area contributed by atoms with Gasteiger partial charge in [0.25, 0.3) is 22.3 Å². The lowest BCUT2D eigenvalue weighted by molar-refractivity contribution is -0.242. The zero-order chi connectivity index (χ0) is 30.8. The number of alkyl halides is 5. The molecule has 1 aliphatic heterocycles. The SMILES string of the molecule is CCOc1nn(CC(F)F)cc1S(=O)(=O)N1C[C@H](CCC(=O)O)Oc2ccc(NC(=O)OC(C)(C)C(F)(F)F)cc21. The van der Waals surface area contributed by atoms with Crippen LogP contribution in [0.25, 0.3) is 0 Å². The van der Waals surface area contributed by atoms with Gasteiger partial charge < -0.3 is 19.3 Å². The molecule has 2 heterocycles. The predicted molar refractivity (Wildman–Crippen MR) is 132 cm³/mol. The van der Waals surface area contributed by atoms with Crippen molar-refractivity contribution in [2.24, 2.45) is 0 Å². The van der Waals surface area contributed by atoms with Crippen molar-refractivity contribution >= 4 is 33.5 Å². The van der Waals surface area contributed by atoms with Crippen LogP contribution < -0.4 is 19.1 Å². The van der Waals surface area contributed by atoms with Gasteiger partial charge in [0.1, 0.15) is 18.4 Å². The number of carboxylic acid groups (broad SMARTS) is 1. The summed E-state index contributed by atoms with van der Waals surface area (Å²) >= 11 is 0. The molecule has 1 aromatic carbocycles. The largest absolute Gasteiger partial charge is 0.486 e. The van der Waals surface area contributed by atoms with E-state index in [-0.39, 0.29) is 36.6 Å². The molecule has 2 aromatic rings. The Labute approximate surface area is 231 Å². The highest BCUT2D eigenvalue weighted by atomic mass is 32.2. The van der Waals surface area contributed by atoms with Crippen LogP contribution in [0, 0.1) is 0 Å². The molecule has 0 radical (unpaired) electrons. The number of hydrogen-bond donors (Lipinski definition) is 2. The van der Waals surface area contributed by atoms with Crippen LogP contribution >= 0.6 is 0 Å². The molecule has 0 unspecified atom stereocenters. The molecule has 1 aromatic heterocycles. The third-order valence-corrected chi connectivity index (χ3v) is 7.48. The van der Waals surface area contributed by atoms with Gasteiger partial charge in [-0.2, -0.15) is 13.2 Å². The Morgan fingerprint density at radius 1 is 1.27 bits per heavy atom. The van der Waals surface area contributed by atoms with Gasteiger partial charge >= 0.3 is 18.2 Å². The van der Waals surface area contributed by atoms with Crippen molar-refractivity contribution in [1.82, 2.24) is 9.78 Å². The fourth-order valence-corrected chi connectivity index (χ4v) is 5.21. The van der Waals surface area contributed by atoms with Crippen molar-refractivity contribution in [3.05, 3.63) is 24.4 Å². The molecule has 0 bridgehead atoms. The minimum Gasteiger partial charge on any atom is -0.486 e. The summed E-state index contributed by atoms with van der Waals surface area (Å²) < 4.78 is 110. The average molecular weight is 615 g/mol. The van der Waals surface area contributed by atoms with E-state index in [9.17, 15) is 40.0 Å². The number of carbonyl (C=O) groups is 2. The van der Waals surface area contributed by atoms with Crippen molar-refractivity contribution in [2.45, 2.75) is 69.4 Å². The molecule has 2 N–H and O–H groups in total. The Morgan fingerprint density at radius 2 is 1.95 bits per heavy atom. The second kappa shape index (κ2) is 12.0. The normalized spacial score (nSPS) is 15.7. The van der Waals surface area contributed by atoms with Crippen molar-refractivity contribution < 1.29 is 59.3 Å². The van der Waals surface area contributed by atoms with Crippen LogP contribution in [0.3, 0.4) is 0 Å². The van der Waals surface area contributed by atoms with Gasteiger partial charge in [0.05, 0.1) is 18.8 Å². The number of ether oxygens (including phenoxy) is 3. The number of nitrogens with one attached hydrogen (secondary N) is 1. The monoisotopic (exact) mass is 614 g/mol. The number of aromatic nitrogens is 2. The highest BCUT2D eigenvalue weighted by Crippen LogP contribution is 2.41. The number of amides is 1. The summed E-state index contributed by atoms with van der Waals surface area (Å²) in [6, 6.07) is 3.52. The molecule has 228 valence electrons. The van der Waals surface area contributed by atoms with E-state index in [0.29, 0.717) is 18.5 Å². The van der Waals surface area contributed by atoms with Crippen LogP contribution in [0.5, 0.6) is 11.6 Å². The number of nitrogens with zero attached hydrogens (tertiary/aromatic N) is 3. The molecule has 0 saturated carbocycles. The third kappa shape index (κ3) is 7.47. The number of anilines is 2.